The van der Waals surface area contributed by atoms with Crippen molar-refractivity contribution >= 4 is 33.8 Å². The van der Waals surface area contributed by atoms with E-state index in [0.717, 1.165) is 10.2 Å². The molecule has 0 aromatic carbocycles. The molecular weight excluding hydrogens is 248 g/mol. The molecule has 0 saturated heterocycles. The normalized spacial score (nSPS) is 23.6. The molecule has 0 bridgehead atoms. The molecule has 1 aliphatic heterocycles. The van der Waals surface area contributed by atoms with E-state index in [1.807, 2.05) is 0 Å². The third-order valence-corrected chi connectivity index (χ3v) is 2.74. The fraction of sp³-hybridized carbons (Fsp3) is 0.222. The van der Waals surface area contributed by atoms with Crippen LogP contribution in [-0.2, 0) is 9.53 Å². The number of ether oxygens (including phenoxy) is 1. The number of rotatable bonds is 1. The van der Waals surface area contributed by atoms with Crippen LogP contribution in [-0.4, -0.2) is 25.0 Å². The van der Waals surface area contributed by atoms with Crippen molar-refractivity contribution in [1.29, 1.82) is 0 Å². The predicted molar refractivity (Wildman–Crippen MR) is 56.5 cm³/mol. The third-order valence-electron chi connectivity index (χ3n) is 2.02. The molecule has 0 aromatic heterocycles. The highest BCUT2D eigenvalue weighted by Gasteiger charge is 2.26. The molecule has 0 aromatic rings. The quantitative estimate of drug-likeness (QED) is 0.665. The Kier molecular flexibility index (Phi) is 2.33. The molecule has 0 amide bonds. The van der Waals surface area contributed by atoms with Crippen LogP contribution in [0.25, 0.3) is 0 Å². The molecule has 0 fully saturated rings. The van der Waals surface area contributed by atoms with Crippen molar-refractivity contribution in [2.24, 2.45) is 16.1 Å². The summed E-state index contributed by atoms with van der Waals surface area (Å²) in [5, 5.41) is 7.70. The Labute approximate surface area is 89.2 Å². The fourth-order valence-corrected chi connectivity index (χ4v) is 1.91. The van der Waals surface area contributed by atoms with Crippen molar-refractivity contribution in [3.63, 3.8) is 0 Å². The van der Waals surface area contributed by atoms with E-state index < -0.39 is 0 Å². The maximum absolute atomic E-state index is 11.2. The average molecular weight is 255 g/mol. The molecule has 5 heteroatoms. The maximum atomic E-state index is 11.2. The first-order chi connectivity index (χ1) is 6.72. The van der Waals surface area contributed by atoms with Crippen LogP contribution in [0.1, 0.15) is 0 Å². The SMILES string of the molecule is COC(=O)C1=CC2=NN=C[C@@H]2C(Br)=C1. The van der Waals surface area contributed by atoms with Crippen molar-refractivity contribution in [3.8, 4) is 0 Å². The molecule has 0 radical (unpaired) electrons. The minimum Gasteiger partial charge on any atom is -0.465 e. The van der Waals surface area contributed by atoms with Gasteiger partial charge in [0, 0.05) is 10.7 Å². The molecule has 2 rings (SSSR count). The topological polar surface area (TPSA) is 51.0 Å². The van der Waals surface area contributed by atoms with Crippen LogP contribution >= 0.6 is 15.9 Å². The van der Waals surface area contributed by atoms with Gasteiger partial charge in [0.2, 0.25) is 0 Å². The van der Waals surface area contributed by atoms with Crippen LogP contribution in [0.2, 0.25) is 0 Å². The summed E-state index contributed by atoms with van der Waals surface area (Å²) in [7, 11) is 1.35. The van der Waals surface area contributed by atoms with Gasteiger partial charge in [0.25, 0.3) is 0 Å². The molecule has 72 valence electrons. The fourth-order valence-electron chi connectivity index (χ4n) is 1.31. The van der Waals surface area contributed by atoms with E-state index in [0.29, 0.717) is 5.57 Å². The van der Waals surface area contributed by atoms with Crippen molar-refractivity contribution in [2.45, 2.75) is 0 Å². The molecule has 1 aliphatic carbocycles. The predicted octanol–water partition coefficient (Wildman–Crippen LogP) is 1.43. The van der Waals surface area contributed by atoms with Crippen LogP contribution in [0, 0.1) is 5.92 Å². The number of carbonyl (C=O) groups is 1. The van der Waals surface area contributed by atoms with E-state index in [4.69, 9.17) is 0 Å². The summed E-state index contributed by atoms with van der Waals surface area (Å²) in [4.78, 5) is 11.2. The minimum absolute atomic E-state index is 0.0587. The number of nitrogens with zero attached hydrogens (tertiary/aromatic N) is 2. The summed E-state index contributed by atoms with van der Waals surface area (Å²) in [6, 6.07) is 0. The van der Waals surface area contributed by atoms with E-state index in [9.17, 15) is 4.79 Å². The largest absolute Gasteiger partial charge is 0.465 e. The molecular formula is C9H7BrN2O2. The van der Waals surface area contributed by atoms with E-state index in [1.54, 1.807) is 18.4 Å². The Morgan fingerprint density at radius 3 is 3.07 bits per heavy atom. The van der Waals surface area contributed by atoms with Gasteiger partial charge in [-0.25, -0.2) is 4.79 Å². The lowest BCUT2D eigenvalue weighted by atomic mass is 9.96. The standard InChI is InChI=1S/C9H7BrN2O2/c1-14-9(13)5-2-7(10)6-4-11-12-8(6)3-5/h2-4,6H,1H3/t6-/m1/s1. The zero-order chi connectivity index (χ0) is 10.1. The molecule has 0 spiro atoms. The second-order valence-electron chi connectivity index (χ2n) is 2.89. The van der Waals surface area contributed by atoms with Gasteiger partial charge in [-0.2, -0.15) is 10.2 Å². The lowest BCUT2D eigenvalue weighted by Crippen LogP contribution is -2.17. The highest BCUT2D eigenvalue weighted by molar-refractivity contribution is 9.11. The highest BCUT2D eigenvalue weighted by atomic mass is 79.9. The van der Waals surface area contributed by atoms with Crippen LogP contribution < -0.4 is 0 Å². The van der Waals surface area contributed by atoms with Gasteiger partial charge in [0.05, 0.1) is 24.3 Å². The van der Waals surface area contributed by atoms with E-state index in [-0.39, 0.29) is 11.9 Å². The minimum atomic E-state index is -0.366. The van der Waals surface area contributed by atoms with E-state index in [1.165, 1.54) is 7.11 Å². The Balaban J connectivity index is 2.35. The number of allylic oxidation sites excluding steroid dienone is 2. The Morgan fingerprint density at radius 2 is 2.36 bits per heavy atom. The van der Waals surface area contributed by atoms with Gasteiger partial charge in [-0.15, -0.1) is 0 Å². The molecule has 0 N–H and O–H groups in total. The van der Waals surface area contributed by atoms with Crippen molar-refractivity contribution < 1.29 is 9.53 Å². The number of halogens is 1. The Bertz CT molecular complexity index is 407. The monoisotopic (exact) mass is 254 g/mol. The summed E-state index contributed by atoms with van der Waals surface area (Å²) >= 11 is 3.37. The summed E-state index contributed by atoms with van der Waals surface area (Å²) in [6.07, 6.45) is 5.14. The van der Waals surface area contributed by atoms with Crippen LogP contribution in [0.4, 0.5) is 0 Å². The second kappa shape index (κ2) is 3.49. The summed E-state index contributed by atoms with van der Waals surface area (Å²) in [5.41, 5.74) is 1.25. The van der Waals surface area contributed by atoms with Crippen molar-refractivity contribution in [3.05, 3.63) is 22.2 Å². The maximum Gasteiger partial charge on any atom is 0.337 e. The van der Waals surface area contributed by atoms with Gasteiger partial charge in [0.15, 0.2) is 0 Å². The van der Waals surface area contributed by atoms with Gasteiger partial charge >= 0.3 is 5.97 Å². The number of hydrogen-bond acceptors (Lipinski definition) is 4. The first kappa shape index (κ1) is 9.33. The zero-order valence-corrected chi connectivity index (χ0v) is 8.98. The molecule has 14 heavy (non-hydrogen) atoms. The Morgan fingerprint density at radius 1 is 1.57 bits per heavy atom. The average Bonchev–Trinajstić information content (AvgIpc) is 2.64. The van der Waals surface area contributed by atoms with Crippen molar-refractivity contribution in [2.75, 3.05) is 7.11 Å². The highest BCUT2D eigenvalue weighted by Crippen LogP contribution is 2.28. The smallest absolute Gasteiger partial charge is 0.337 e. The summed E-state index contributed by atoms with van der Waals surface area (Å²) < 4.78 is 5.49. The van der Waals surface area contributed by atoms with Gasteiger partial charge in [-0.3, -0.25) is 0 Å². The third kappa shape index (κ3) is 1.43. The van der Waals surface area contributed by atoms with Gasteiger partial charge in [0.1, 0.15) is 0 Å². The molecule has 0 saturated carbocycles. The number of fused-ring (bicyclic) bond motifs is 1. The first-order valence-electron chi connectivity index (χ1n) is 4.00. The van der Waals surface area contributed by atoms with Gasteiger partial charge < -0.3 is 4.74 Å². The van der Waals surface area contributed by atoms with Crippen molar-refractivity contribution in [1.82, 2.24) is 0 Å². The lowest BCUT2D eigenvalue weighted by molar-refractivity contribution is -0.135. The lowest BCUT2D eigenvalue weighted by Gasteiger charge is -2.13. The molecule has 1 atom stereocenters. The van der Waals surface area contributed by atoms with E-state index >= 15 is 0 Å². The van der Waals surface area contributed by atoms with Crippen LogP contribution in [0.3, 0.4) is 0 Å². The summed E-state index contributed by atoms with van der Waals surface area (Å²) in [5.74, 6) is -0.307. The molecule has 0 unspecified atom stereocenters. The number of carbonyl (C=O) groups excluding carboxylic acids is 1. The number of methoxy groups -OCH3 is 1. The Hall–Kier alpha value is -1.23. The van der Waals surface area contributed by atoms with Gasteiger partial charge in [-0.05, 0) is 12.2 Å². The van der Waals surface area contributed by atoms with E-state index in [2.05, 4.69) is 30.9 Å². The number of esters is 1. The van der Waals surface area contributed by atoms with Crippen LogP contribution in [0.5, 0.6) is 0 Å². The van der Waals surface area contributed by atoms with Gasteiger partial charge in [-0.1, -0.05) is 15.9 Å². The molecule has 4 nitrogen and oxygen atoms in total. The van der Waals surface area contributed by atoms with Crippen LogP contribution in [0.15, 0.2) is 32.4 Å². The summed E-state index contributed by atoms with van der Waals surface area (Å²) in [6.45, 7) is 0. The second-order valence-corrected chi connectivity index (χ2v) is 3.80. The first-order valence-corrected chi connectivity index (χ1v) is 4.80. The molecule has 1 heterocycles. The number of hydrogen-bond donors (Lipinski definition) is 0. The zero-order valence-electron chi connectivity index (χ0n) is 7.40. The molecule has 2 aliphatic rings.